The molecule has 1 N–H and O–H groups in total. The Morgan fingerprint density at radius 2 is 1.70 bits per heavy atom. The van der Waals surface area contributed by atoms with Crippen molar-refractivity contribution >= 4 is 39.4 Å². The van der Waals surface area contributed by atoms with E-state index >= 15 is 0 Å². The summed E-state index contributed by atoms with van der Waals surface area (Å²) in [6.45, 7) is 1.48. The van der Waals surface area contributed by atoms with Gasteiger partial charge in [0.1, 0.15) is 0 Å². The zero-order chi connectivity index (χ0) is 14.7. The molecule has 0 aliphatic heterocycles. The quantitative estimate of drug-likeness (QED) is 0.859. The molecule has 0 aliphatic carbocycles. The van der Waals surface area contributed by atoms with E-state index in [1.165, 1.54) is 18.7 Å². The number of nitrogens with zero attached hydrogens (tertiary/aromatic N) is 1. The second-order valence-corrected chi connectivity index (χ2v) is 5.69. The minimum Gasteiger partial charge on any atom is -0.339 e. The summed E-state index contributed by atoms with van der Waals surface area (Å²) in [5, 5.41) is 4.82. The topological polar surface area (TPSA) is 49.4 Å². The lowest BCUT2D eigenvalue weighted by molar-refractivity contribution is -0.114. The van der Waals surface area contributed by atoms with Gasteiger partial charge in [0.25, 0.3) is 5.24 Å². The van der Waals surface area contributed by atoms with Crippen molar-refractivity contribution in [3.05, 3.63) is 36.4 Å². The Kier molecular flexibility index (Phi) is 4.29. The Morgan fingerprint density at radius 1 is 1.05 bits per heavy atom. The maximum absolute atomic E-state index is 11.7. The summed E-state index contributed by atoms with van der Waals surface area (Å²) < 4.78 is 0. The van der Waals surface area contributed by atoms with Crippen molar-refractivity contribution in [2.45, 2.75) is 11.8 Å². The lowest BCUT2D eigenvalue weighted by Crippen LogP contribution is -2.15. The van der Waals surface area contributed by atoms with Crippen LogP contribution in [-0.4, -0.2) is 30.1 Å². The van der Waals surface area contributed by atoms with Crippen LogP contribution in [0.15, 0.2) is 41.3 Å². The SMILES string of the molecule is CC(=O)Nc1ccc2cc(SC(=O)N(C)C)ccc2c1. The molecular formula is C15H16N2O2S. The van der Waals surface area contributed by atoms with Crippen LogP contribution < -0.4 is 5.32 Å². The molecule has 0 fully saturated rings. The number of carbonyl (C=O) groups is 2. The highest BCUT2D eigenvalue weighted by atomic mass is 32.2. The number of rotatable bonds is 2. The van der Waals surface area contributed by atoms with E-state index in [4.69, 9.17) is 0 Å². The summed E-state index contributed by atoms with van der Waals surface area (Å²) in [4.78, 5) is 25.2. The van der Waals surface area contributed by atoms with Crippen LogP contribution in [0, 0.1) is 0 Å². The van der Waals surface area contributed by atoms with Gasteiger partial charge < -0.3 is 10.2 Å². The monoisotopic (exact) mass is 288 g/mol. The highest BCUT2D eigenvalue weighted by molar-refractivity contribution is 8.13. The Morgan fingerprint density at radius 3 is 2.35 bits per heavy atom. The summed E-state index contributed by atoms with van der Waals surface area (Å²) in [6.07, 6.45) is 0. The van der Waals surface area contributed by atoms with E-state index in [9.17, 15) is 9.59 Å². The molecule has 4 nitrogen and oxygen atoms in total. The molecule has 0 saturated carbocycles. The van der Waals surface area contributed by atoms with Gasteiger partial charge in [-0.1, -0.05) is 12.1 Å². The van der Waals surface area contributed by atoms with Gasteiger partial charge in [0.05, 0.1) is 0 Å². The average molecular weight is 288 g/mol. The molecule has 20 heavy (non-hydrogen) atoms. The number of fused-ring (bicyclic) bond motifs is 1. The fraction of sp³-hybridized carbons (Fsp3) is 0.200. The molecule has 0 radical (unpaired) electrons. The molecule has 2 rings (SSSR count). The average Bonchev–Trinajstić information content (AvgIpc) is 2.38. The summed E-state index contributed by atoms with van der Waals surface area (Å²) in [5.41, 5.74) is 0.773. The molecule has 2 amide bonds. The van der Waals surface area contributed by atoms with Crippen LogP contribution >= 0.6 is 11.8 Å². The molecule has 5 heteroatoms. The molecule has 0 unspecified atom stereocenters. The molecular weight excluding hydrogens is 272 g/mol. The first kappa shape index (κ1) is 14.4. The minimum atomic E-state index is -0.0897. The number of anilines is 1. The Labute approximate surface area is 122 Å². The maximum Gasteiger partial charge on any atom is 0.285 e. The number of thioether (sulfide) groups is 1. The third-order valence-corrected chi connectivity index (χ3v) is 3.73. The molecule has 2 aromatic carbocycles. The van der Waals surface area contributed by atoms with Gasteiger partial charge >= 0.3 is 0 Å². The zero-order valence-corrected chi connectivity index (χ0v) is 12.5. The van der Waals surface area contributed by atoms with E-state index in [1.54, 1.807) is 19.0 Å². The number of amides is 2. The van der Waals surface area contributed by atoms with Crippen LogP contribution in [0.1, 0.15) is 6.92 Å². The normalized spacial score (nSPS) is 10.3. The number of hydrogen-bond acceptors (Lipinski definition) is 3. The number of nitrogens with one attached hydrogen (secondary N) is 1. The highest BCUT2D eigenvalue weighted by Gasteiger charge is 2.07. The predicted octanol–water partition coefficient (Wildman–Crippen LogP) is 3.57. The second-order valence-electron chi connectivity index (χ2n) is 4.67. The first-order valence-electron chi connectivity index (χ1n) is 6.16. The Bertz CT molecular complexity index is 668. The van der Waals surface area contributed by atoms with Crippen molar-refractivity contribution in [2.24, 2.45) is 0 Å². The van der Waals surface area contributed by atoms with Gasteiger partial charge in [-0.3, -0.25) is 9.59 Å². The van der Waals surface area contributed by atoms with Crippen molar-refractivity contribution in [1.29, 1.82) is 0 Å². The molecule has 0 aromatic heterocycles. The first-order chi connectivity index (χ1) is 9.45. The molecule has 104 valence electrons. The third-order valence-electron chi connectivity index (χ3n) is 2.70. The molecule has 2 aromatic rings. The predicted molar refractivity (Wildman–Crippen MR) is 83.2 cm³/mol. The van der Waals surface area contributed by atoms with E-state index in [-0.39, 0.29) is 11.1 Å². The smallest absolute Gasteiger partial charge is 0.285 e. The van der Waals surface area contributed by atoms with Gasteiger partial charge in [-0.2, -0.15) is 0 Å². The van der Waals surface area contributed by atoms with Crippen molar-refractivity contribution in [2.75, 3.05) is 19.4 Å². The molecule has 0 heterocycles. The molecule has 0 spiro atoms. The van der Waals surface area contributed by atoms with Gasteiger partial charge in [0.2, 0.25) is 5.91 Å². The van der Waals surface area contributed by atoms with Gasteiger partial charge in [0.15, 0.2) is 0 Å². The van der Waals surface area contributed by atoms with Crippen LogP contribution in [-0.2, 0) is 4.79 Å². The van der Waals surface area contributed by atoms with E-state index in [0.29, 0.717) is 0 Å². The molecule has 0 bridgehead atoms. The van der Waals surface area contributed by atoms with Gasteiger partial charge in [-0.25, -0.2) is 0 Å². The zero-order valence-electron chi connectivity index (χ0n) is 11.6. The standard InChI is InChI=1S/C15H16N2O2S/c1-10(18)16-13-6-4-12-9-14(7-5-11(12)8-13)20-15(19)17(2)3/h4-9H,1-3H3,(H,16,18). The number of hydrogen-bond donors (Lipinski definition) is 1. The van der Waals surface area contributed by atoms with Gasteiger partial charge in [0, 0.05) is 31.6 Å². The minimum absolute atomic E-state index is 0.000725. The third kappa shape index (κ3) is 3.51. The first-order valence-corrected chi connectivity index (χ1v) is 6.98. The summed E-state index contributed by atoms with van der Waals surface area (Å²) in [7, 11) is 3.46. The van der Waals surface area contributed by atoms with Crippen LogP contribution in [0.2, 0.25) is 0 Å². The summed E-state index contributed by atoms with van der Waals surface area (Å²) in [5.74, 6) is -0.0897. The van der Waals surface area contributed by atoms with Crippen molar-refractivity contribution in [3.8, 4) is 0 Å². The number of benzene rings is 2. The maximum atomic E-state index is 11.7. The van der Waals surface area contributed by atoms with E-state index in [0.717, 1.165) is 21.4 Å². The lowest BCUT2D eigenvalue weighted by atomic mass is 10.1. The molecule has 0 atom stereocenters. The van der Waals surface area contributed by atoms with Gasteiger partial charge in [-0.15, -0.1) is 0 Å². The van der Waals surface area contributed by atoms with E-state index in [2.05, 4.69) is 5.32 Å². The van der Waals surface area contributed by atoms with E-state index in [1.807, 2.05) is 36.4 Å². The van der Waals surface area contributed by atoms with Crippen molar-refractivity contribution in [3.63, 3.8) is 0 Å². The highest BCUT2D eigenvalue weighted by Crippen LogP contribution is 2.27. The van der Waals surface area contributed by atoms with Crippen LogP contribution in [0.3, 0.4) is 0 Å². The van der Waals surface area contributed by atoms with Gasteiger partial charge in [-0.05, 0) is 46.8 Å². The van der Waals surface area contributed by atoms with Crippen molar-refractivity contribution in [1.82, 2.24) is 4.90 Å². The van der Waals surface area contributed by atoms with Crippen molar-refractivity contribution < 1.29 is 9.59 Å². The summed E-state index contributed by atoms with van der Waals surface area (Å²) >= 11 is 1.20. The van der Waals surface area contributed by atoms with Crippen LogP contribution in [0.25, 0.3) is 10.8 Å². The Balaban J connectivity index is 2.27. The fourth-order valence-electron chi connectivity index (χ4n) is 1.76. The second kappa shape index (κ2) is 5.96. The number of carbonyl (C=O) groups excluding carboxylic acids is 2. The van der Waals surface area contributed by atoms with Crippen LogP contribution in [0.5, 0.6) is 0 Å². The Hall–Kier alpha value is -2.01. The molecule has 0 saturated heterocycles. The largest absolute Gasteiger partial charge is 0.339 e. The fourth-order valence-corrected chi connectivity index (χ4v) is 2.47. The lowest BCUT2D eigenvalue weighted by Gasteiger charge is -2.10. The van der Waals surface area contributed by atoms with E-state index < -0.39 is 0 Å². The molecule has 0 aliphatic rings. The van der Waals surface area contributed by atoms with Crippen LogP contribution in [0.4, 0.5) is 10.5 Å². The summed E-state index contributed by atoms with van der Waals surface area (Å²) in [6, 6.07) is 11.5.